The first-order valence-corrected chi connectivity index (χ1v) is 17.6. The molecule has 0 radical (unpaired) electrons. The number of aliphatic hydroxyl groups excluding tert-OH is 1. The molecule has 2 atom stereocenters. The highest BCUT2D eigenvalue weighted by atomic mass is 32.1. The number of benzene rings is 1. The molecule has 3 aromatic rings. The van der Waals surface area contributed by atoms with Crippen molar-refractivity contribution >= 4 is 23.1 Å². The molecule has 0 unspecified atom stereocenters. The largest absolute Gasteiger partial charge is 0.474 e. The summed E-state index contributed by atoms with van der Waals surface area (Å²) in [6, 6.07) is 11.1. The van der Waals surface area contributed by atoms with Crippen molar-refractivity contribution < 1.29 is 41.0 Å². The Kier molecular flexibility index (Phi) is 11.1. The summed E-state index contributed by atoms with van der Waals surface area (Å²) in [5, 5.41) is 21.1. The van der Waals surface area contributed by atoms with Crippen molar-refractivity contribution in [2.24, 2.45) is 0 Å². The summed E-state index contributed by atoms with van der Waals surface area (Å²) in [6.07, 6.45) is -5.62. The molecule has 1 amide bonds. The molecule has 0 saturated carbocycles. The number of aromatic nitrogens is 1. The van der Waals surface area contributed by atoms with Gasteiger partial charge in [0.15, 0.2) is 0 Å². The maximum Gasteiger partial charge on any atom is 0.425 e. The van der Waals surface area contributed by atoms with E-state index in [-0.39, 0.29) is 75.5 Å². The number of piperidine rings is 2. The fraction of sp³-hybridized carbons (Fsp3) is 0.528. The van der Waals surface area contributed by atoms with Crippen LogP contribution in [0.5, 0.6) is 5.75 Å². The van der Waals surface area contributed by atoms with E-state index < -0.39 is 45.8 Å². The summed E-state index contributed by atoms with van der Waals surface area (Å²) in [7, 11) is 0. The van der Waals surface area contributed by atoms with E-state index in [1.807, 2.05) is 31.2 Å². The molecule has 50 heavy (non-hydrogen) atoms. The van der Waals surface area contributed by atoms with E-state index in [1.165, 1.54) is 29.5 Å². The summed E-state index contributed by atoms with van der Waals surface area (Å²) in [6.45, 7) is 3.52. The molecule has 0 spiro atoms. The number of carbonyl (C=O) groups excluding carboxylic acids is 1. The zero-order chi connectivity index (χ0) is 36.3. The third-order valence-electron chi connectivity index (χ3n) is 9.89. The lowest BCUT2D eigenvalue weighted by molar-refractivity contribution is -0.154. The Balaban J connectivity index is 1.56. The Hall–Kier alpha value is -3.83. The second-order valence-corrected chi connectivity index (χ2v) is 13.9. The highest BCUT2D eigenvalue weighted by Crippen LogP contribution is 2.46. The van der Waals surface area contributed by atoms with Crippen LogP contribution in [-0.2, 0) is 29.0 Å². The average Bonchev–Trinajstić information content (AvgIpc) is 3.56. The number of thiophene rings is 1. The number of pyridine rings is 1. The third kappa shape index (κ3) is 7.30. The number of nitrogens with zero attached hydrogens (tertiary/aromatic N) is 4. The van der Waals surface area contributed by atoms with Gasteiger partial charge in [0.05, 0.1) is 17.5 Å². The van der Waals surface area contributed by atoms with Crippen LogP contribution in [0.1, 0.15) is 79.0 Å². The van der Waals surface area contributed by atoms with Gasteiger partial charge in [0.1, 0.15) is 22.0 Å². The van der Waals surface area contributed by atoms with E-state index >= 15 is 0 Å². The Labute approximate surface area is 291 Å². The Morgan fingerprint density at radius 2 is 1.82 bits per heavy atom. The van der Waals surface area contributed by atoms with Crippen molar-refractivity contribution in [2.75, 3.05) is 31.1 Å². The first-order chi connectivity index (χ1) is 23.7. The van der Waals surface area contributed by atoms with Crippen LogP contribution in [0.15, 0.2) is 48.0 Å². The summed E-state index contributed by atoms with van der Waals surface area (Å²) in [4.78, 5) is 21.2. The fourth-order valence-corrected chi connectivity index (χ4v) is 8.21. The average molecular weight is 723 g/mol. The van der Waals surface area contributed by atoms with Gasteiger partial charge in [-0.2, -0.15) is 31.6 Å². The number of aliphatic hydroxyl groups is 1. The van der Waals surface area contributed by atoms with Crippen molar-refractivity contribution in [3.8, 4) is 11.8 Å². The first kappa shape index (κ1) is 37.4. The monoisotopic (exact) mass is 722 g/mol. The lowest BCUT2D eigenvalue weighted by Crippen LogP contribution is -2.68. The number of halogens is 6. The van der Waals surface area contributed by atoms with E-state index in [0.29, 0.717) is 30.6 Å². The Morgan fingerprint density at radius 3 is 2.44 bits per heavy atom. The molecule has 270 valence electrons. The number of rotatable bonds is 10. The molecule has 4 heterocycles. The Morgan fingerprint density at radius 1 is 1.10 bits per heavy atom. The SMILES string of the molecule is CCC[C@H]1N(c2nccc(C)c2C(F)(F)F)CCC[C@@]1(Oc1csc(C(F)(F)F)c1)C(=O)N1CCC(C#N)(c2ccccc2CCCO)CC1. The Bertz CT molecular complexity index is 1700. The minimum Gasteiger partial charge on any atom is -0.474 e. The molecule has 0 bridgehead atoms. The van der Waals surface area contributed by atoms with Crippen molar-refractivity contribution in [1.82, 2.24) is 9.88 Å². The van der Waals surface area contributed by atoms with E-state index in [2.05, 4.69) is 11.1 Å². The summed E-state index contributed by atoms with van der Waals surface area (Å²) < 4.78 is 90.9. The van der Waals surface area contributed by atoms with Crippen LogP contribution in [0.4, 0.5) is 32.2 Å². The van der Waals surface area contributed by atoms with Crippen LogP contribution in [0.2, 0.25) is 0 Å². The maximum atomic E-state index is 14.9. The molecule has 0 aliphatic carbocycles. The zero-order valence-corrected chi connectivity index (χ0v) is 28.7. The summed E-state index contributed by atoms with van der Waals surface area (Å²) >= 11 is 0.416. The van der Waals surface area contributed by atoms with Gasteiger partial charge >= 0.3 is 12.4 Å². The second-order valence-electron chi connectivity index (χ2n) is 13.0. The lowest BCUT2D eigenvalue weighted by Gasteiger charge is -2.51. The second kappa shape index (κ2) is 14.8. The number of hydrogen-bond acceptors (Lipinski definition) is 7. The van der Waals surface area contributed by atoms with E-state index in [0.717, 1.165) is 17.2 Å². The smallest absolute Gasteiger partial charge is 0.425 e. The third-order valence-corrected chi connectivity index (χ3v) is 10.8. The maximum absolute atomic E-state index is 14.9. The van der Waals surface area contributed by atoms with Crippen LogP contribution >= 0.6 is 11.3 Å². The van der Waals surface area contributed by atoms with Gasteiger partial charge in [-0.25, -0.2) is 4.98 Å². The minimum absolute atomic E-state index is 0.00861. The van der Waals surface area contributed by atoms with Gasteiger partial charge in [-0.15, -0.1) is 11.3 Å². The van der Waals surface area contributed by atoms with Gasteiger partial charge < -0.3 is 19.6 Å². The van der Waals surface area contributed by atoms with Gasteiger partial charge in [-0.05, 0) is 68.2 Å². The van der Waals surface area contributed by atoms with Crippen molar-refractivity contribution in [3.05, 3.63) is 75.1 Å². The molecule has 2 aliphatic rings. The fourth-order valence-electron chi connectivity index (χ4n) is 7.53. The normalized spacial score (nSPS) is 21.2. The zero-order valence-electron chi connectivity index (χ0n) is 27.9. The highest BCUT2D eigenvalue weighted by molar-refractivity contribution is 7.10. The van der Waals surface area contributed by atoms with E-state index in [4.69, 9.17) is 4.74 Å². The van der Waals surface area contributed by atoms with Crippen molar-refractivity contribution in [3.63, 3.8) is 0 Å². The summed E-state index contributed by atoms with van der Waals surface area (Å²) in [5.41, 5.74) is -2.01. The van der Waals surface area contributed by atoms with Gasteiger partial charge in [-0.1, -0.05) is 37.6 Å². The van der Waals surface area contributed by atoms with Gasteiger partial charge in [-0.3, -0.25) is 4.79 Å². The molecule has 2 saturated heterocycles. The predicted molar refractivity (Wildman–Crippen MR) is 177 cm³/mol. The van der Waals surface area contributed by atoms with Crippen LogP contribution in [0, 0.1) is 18.3 Å². The topological polar surface area (TPSA) is 89.7 Å². The van der Waals surface area contributed by atoms with Gasteiger partial charge in [0, 0.05) is 50.3 Å². The molecule has 2 aromatic heterocycles. The predicted octanol–water partition coefficient (Wildman–Crippen LogP) is 8.08. The standard InChI is InChI=1S/C36H40F6N4O3S/c1-3-8-28-34(49-26-21-29(50-22-26)35(37,38)39,13-7-17-46(28)31-30(36(40,41)42)24(2)12-16-44-31)32(48)45-18-14-33(23-43,15-19-45)27-11-5-4-9-25(27)10-6-20-47/h4-5,9,11-12,16,21-22,28,47H,3,6-8,10,13-15,17-20H2,1-2H3/t28-,34+/m1/s1. The number of hydrogen-bond donors (Lipinski definition) is 1. The number of aryl methyl sites for hydroxylation is 2. The number of anilines is 1. The first-order valence-electron chi connectivity index (χ1n) is 16.7. The molecule has 1 N–H and O–H groups in total. The number of ether oxygens (including phenoxy) is 1. The van der Waals surface area contributed by atoms with Crippen LogP contribution < -0.4 is 9.64 Å². The van der Waals surface area contributed by atoms with Crippen molar-refractivity contribution in [1.29, 1.82) is 5.26 Å². The molecular weight excluding hydrogens is 682 g/mol. The molecule has 5 rings (SSSR count). The quantitative estimate of drug-likeness (QED) is 0.213. The number of amides is 1. The molecular formula is C36H40F6N4O3S. The number of likely N-dealkylation sites (tertiary alicyclic amines) is 1. The van der Waals surface area contributed by atoms with E-state index in [1.54, 1.807) is 4.90 Å². The number of nitriles is 1. The lowest BCUT2D eigenvalue weighted by atomic mass is 9.71. The van der Waals surface area contributed by atoms with Crippen LogP contribution in [-0.4, -0.2) is 58.8 Å². The number of carbonyl (C=O) groups is 1. The molecule has 1 aromatic carbocycles. The van der Waals surface area contributed by atoms with E-state index in [9.17, 15) is 41.5 Å². The number of alkyl halides is 6. The van der Waals surface area contributed by atoms with Crippen LogP contribution in [0.25, 0.3) is 0 Å². The molecule has 2 fully saturated rings. The highest BCUT2D eigenvalue weighted by Gasteiger charge is 2.56. The summed E-state index contributed by atoms with van der Waals surface area (Å²) in [5.74, 6) is -1.07. The van der Waals surface area contributed by atoms with Gasteiger partial charge in [0.25, 0.3) is 5.91 Å². The molecule has 14 heteroatoms. The molecule has 2 aliphatic heterocycles. The van der Waals surface area contributed by atoms with Crippen LogP contribution in [0.3, 0.4) is 0 Å². The molecule has 7 nitrogen and oxygen atoms in total. The van der Waals surface area contributed by atoms with Gasteiger partial charge in [0.2, 0.25) is 5.60 Å². The minimum atomic E-state index is -4.76. The van der Waals surface area contributed by atoms with Crippen molar-refractivity contribution in [2.45, 2.75) is 94.6 Å².